The first-order valence-corrected chi connectivity index (χ1v) is 6.51. The van der Waals surface area contributed by atoms with Gasteiger partial charge in [0.15, 0.2) is 0 Å². The molecule has 0 heterocycles. The number of hydrogen-bond acceptors (Lipinski definition) is 2. The molecule has 0 amide bonds. The molecule has 2 aromatic rings. The van der Waals surface area contributed by atoms with Crippen LogP contribution in [0.2, 0.25) is 0 Å². The maximum atomic E-state index is 11.1. The summed E-state index contributed by atoms with van der Waals surface area (Å²) in [5, 5.41) is 9.09. The van der Waals surface area contributed by atoms with E-state index in [1.807, 2.05) is 6.07 Å². The monoisotopic (exact) mass is 270 g/mol. The topological polar surface area (TPSA) is 46.5 Å². The molecule has 3 nitrogen and oxygen atoms in total. The van der Waals surface area contributed by atoms with E-state index in [4.69, 9.17) is 9.84 Å². The van der Waals surface area contributed by atoms with Crippen LogP contribution in [0.4, 0.5) is 0 Å². The molecule has 2 rings (SSSR count). The first-order chi connectivity index (χ1) is 9.49. The van der Waals surface area contributed by atoms with E-state index in [2.05, 4.69) is 26.0 Å². The van der Waals surface area contributed by atoms with Crippen LogP contribution in [0.15, 0.2) is 36.4 Å². The average Bonchev–Trinajstić information content (AvgIpc) is 2.41. The predicted molar refractivity (Wildman–Crippen MR) is 78.4 cm³/mol. The second kappa shape index (κ2) is 5.78. The third-order valence-corrected chi connectivity index (χ3v) is 3.48. The molecule has 0 aromatic heterocycles. The number of rotatable bonds is 4. The lowest BCUT2D eigenvalue weighted by molar-refractivity contribution is 0.0695. The van der Waals surface area contributed by atoms with Gasteiger partial charge in [0.25, 0.3) is 0 Å². The SMILES string of the molecule is Cc1ccc(COc2cccc(C(=O)O)c2C)cc1C. The van der Waals surface area contributed by atoms with Crippen molar-refractivity contribution in [1.82, 2.24) is 0 Å². The average molecular weight is 270 g/mol. The highest BCUT2D eigenvalue weighted by Gasteiger charge is 2.10. The summed E-state index contributed by atoms with van der Waals surface area (Å²) in [7, 11) is 0. The Morgan fingerprint density at radius 2 is 1.85 bits per heavy atom. The number of ether oxygens (including phenoxy) is 1. The molecule has 0 fully saturated rings. The molecule has 0 aliphatic carbocycles. The van der Waals surface area contributed by atoms with E-state index >= 15 is 0 Å². The quantitative estimate of drug-likeness (QED) is 0.916. The Bertz CT molecular complexity index is 645. The molecule has 0 spiro atoms. The molecule has 0 saturated heterocycles. The number of benzene rings is 2. The third-order valence-electron chi connectivity index (χ3n) is 3.48. The van der Waals surface area contributed by atoms with Gasteiger partial charge < -0.3 is 9.84 Å². The van der Waals surface area contributed by atoms with Crippen LogP contribution in [0, 0.1) is 20.8 Å². The van der Waals surface area contributed by atoms with Crippen LogP contribution in [0.1, 0.15) is 32.6 Å². The van der Waals surface area contributed by atoms with Gasteiger partial charge in [-0.05, 0) is 49.6 Å². The van der Waals surface area contributed by atoms with Crippen molar-refractivity contribution in [2.45, 2.75) is 27.4 Å². The van der Waals surface area contributed by atoms with Crippen LogP contribution in [-0.2, 0) is 6.61 Å². The molecule has 3 heteroatoms. The molecule has 0 saturated carbocycles. The van der Waals surface area contributed by atoms with Crippen LogP contribution in [0.25, 0.3) is 0 Å². The third kappa shape index (κ3) is 2.99. The van der Waals surface area contributed by atoms with E-state index in [1.54, 1.807) is 25.1 Å². The lowest BCUT2D eigenvalue weighted by Gasteiger charge is -2.11. The van der Waals surface area contributed by atoms with Gasteiger partial charge in [-0.3, -0.25) is 0 Å². The summed E-state index contributed by atoms with van der Waals surface area (Å²) in [5.74, 6) is -0.317. The minimum atomic E-state index is -0.931. The van der Waals surface area contributed by atoms with Gasteiger partial charge in [0, 0.05) is 5.56 Å². The number of carboxylic acid groups (broad SMARTS) is 1. The molecular weight excluding hydrogens is 252 g/mol. The number of aromatic carboxylic acids is 1. The second-order valence-electron chi connectivity index (χ2n) is 4.94. The van der Waals surface area contributed by atoms with Gasteiger partial charge in [-0.15, -0.1) is 0 Å². The van der Waals surface area contributed by atoms with Crippen LogP contribution in [0.3, 0.4) is 0 Å². The Kier molecular flexibility index (Phi) is 4.08. The molecule has 0 aliphatic heterocycles. The Morgan fingerprint density at radius 3 is 2.50 bits per heavy atom. The van der Waals surface area contributed by atoms with E-state index in [0.29, 0.717) is 17.9 Å². The number of carbonyl (C=O) groups is 1. The fraction of sp³-hybridized carbons (Fsp3) is 0.235. The lowest BCUT2D eigenvalue weighted by Crippen LogP contribution is -2.03. The van der Waals surface area contributed by atoms with Crippen LogP contribution < -0.4 is 4.74 Å². The smallest absolute Gasteiger partial charge is 0.336 e. The number of carboxylic acids is 1. The first kappa shape index (κ1) is 14.1. The molecule has 0 radical (unpaired) electrons. The van der Waals surface area contributed by atoms with E-state index < -0.39 is 5.97 Å². The molecule has 0 atom stereocenters. The molecule has 0 bridgehead atoms. The molecule has 1 N–H and O–H groups in total. The zero-order valence-electron chi connectivity index (χ0n) is 11.9. The van der Waals surface area contributed by atoms with Gasteiger partial charge in [0.05, 0.1) is 5.56 Å². The van der Waals surface area contributed by atoms with Crippen molar-refractivity contribution in [3.05, 3.63) is 64.2 Å². The highest BCUT2D eigenvalue weighted by molar-refractivity contribution is 5.90. The van der Waals surface area contributed by atoms with Gasteiger partial charge in [0.1, 0.15) is 12.4 Å². The fourth-order valence-electron chi connectivity index (χ4n) is 2.06. The fourth-order valence-corrected chi connectivity index (χ4v) is 2.06. The summed E-state index contributed by atoms with van der Waals surface area (Å²) >= 11 is 0. The molecule has 20 heavy (non-hydrogen) atoms. The highest BCUT2D eigenvalue weighted by Crippen LogP contribution is 2.22. The normalized spacial score (nSPS) is 10.3. The van der Waals surface area contributed by atoms with E-state index in [9.17, 15) is 4.79 Å². The lowest BCUT2D eigenvalue weighted by atomic mass is 10.1. The Morgan fingerprint density at radius 1 is 1.10 bits per heavy atom. The minimum Gasteiger partial charge on any atom is -0.489 e. The van der Waals surface area contributed by atoms with Crippen LogP contribution >= 0.6 is 0 Å². The standard InChI is InChI=1S/C17H18O3/c1-11-7-8-14(9-12(11)2)10-20-16-6-4-5-15(13(16)3)17(18)19/h4-9H,10H2,1-3H3,(H,18,19). The maximum absolute atomic E-state index is 11.1. The Balaban J connectivity index is 2.17. The molecular formula is C17H18O3. The molecule has 0 aliphatic rings. The van der Waals surface area contributed by atoms with Gasteiger partial charge in [0.2, 0.25) is 0 Å². The predicted octanol–water partition coefficient (Wildman–Crippen LogP) is 3.89. The van der Waals surface area contributed by atoms with Crippen molar-refractivity contribution in [3.63, 3.8) is 0 Å². The summed E-state index contributed by atoms with van der Waals surface area (Å²) in [6, 6.07) is 11.3. The number of hydrogen-bond donors (Lipinski definition) is 1. The Hall–Kier alpha value is -2.29. The number of aryl methyl sites for hydroxylation is 2. The summed E-state index contributed by atoms with van der Waals surface area (Å²) < 4.78 is 5.75. The maximum Gasteiger partial charge on any atom is 0.336 e. The van der Waals surface area contributed by atoms with Crippen molar-refractivity contribution >= 4 is 5.97 Å². The molecule has 104 valence electrons. The minimum absolute atomic E-state index is 0.280. The largest absolute Gasteiger partial charge is 0.489 e. The van der Waals surface area contributed by atoms with Crippen LogP contribution in [0.5, 0.6) is 5.75 Å². The van der Waals surface area contributed by atoms with Crippen molar-refractivity contribution < 1.29 is 14.6 Å². The van der Waals surface area contributed by atoms with Crippen molar-refractivity contribution in [2.24, 2.45) is 0 Å². The van der Waals surface area contributed by atoms with Crippen LogP contribution in [-0.4, -0.2) is 11.1 Å². The van der Waals surface area contributed by atoms with Gasteiger partial charge in [-0.25, -0.2) is 4.79 Å². The second-order valence-corrected chi connectivity index (χ2v) is 4.94. The Labute approximate surface area is 118 Å². The van der Waals surface area contributed by atoms with Crippen molar-refractivity contribution in [2.75, 3.05) is 0 Å². The highest BCUT2D eigenvalue weighted by atomic mass is 16.5. The summed E-state index contributed by atoms with van der Waals surface area (Å²) in [5.41, 5.74) is 4.49. The summed E-state index contributed by atoms with van der Waals surface area (Å²) in [6.45, 7) is 6.33. The molecule has 2 aromatic carbocycles. The molecule has 0 unspecified atom stereocenters. The van der Waals surface area contributed by atoms with Gasteiger partial charge in [-0.2, -0.15) is 0 Å². The van der Waals surface area contributed by atoms with E-state index in [0.717, 1.165) is 5.56 Å². The summed E-state index contributed by atoms with van der Waals surface area (Å²) in [4.78, 5) is 11.1. The van der Waals surface area contributed by atoms with Gasteiger partial charge in [-0.1, -0.05) is 24.3 Å². The summed E-state index contributed by atoms with van der Waals surface area (Å²) in [6.07, 6.45) is 0. The van der Waals surface area contributed by atoms with Crippen molar-refractivity contribution in [1.29, 1.82) is 0 Å². The van der Waals surface area contributed by atoms with E-state index in [-0.39, 0.29) is 5.56 Å². The van der Waals surface area contributed by atoms with Crippen molar-refractivity contribution in [3.8, 4) is 5.75 Å². The first-order valence-electron chi connectivity index (χ1n) is 6.51. The van der Waals surface area contributed by atoms with Gasteiger partial charge >= 0.3 is 5.97 Å². The zero-order valence-corrected chi connectivity index (χ0v) is 11.9. The van der Waals surface area contributed by atoms with E-state index in [1.165, 1.54) is 11.1 Å². The zero-order chi connectivity index (χ0) is 14.7.